The number of carbonyl (C=O) groups excluding carboxylic acids is 1. The zero-order valence-electron chi connectivity index (χ0n) is 14.7. The number of carboxylic acid groups (broad SMARTS) is 1. The number of fused-ring (bicyclic) bond motifs is 1. The quantitative estimate of drug-likeness (QED) is 0.711. The maximum absolute atomic E-state index is 12.3. The standard InChI is InChI=1S/C19H25ClN2O4/c20-14-5-7-15(8-6-14)26-10-9-21-18(23)12-22-16-4-2-1-3-13(16)11-17(22)19(24)25/h5-8,13,16-17H,1-4,9-12H2,(H,21,23)(H,24,25). The number of nitrogens with zero attached hydrogens (tertiary/aromatic N) is 1. The fourth-order valence-electron chi connectivity index (χ4n) is 4.13. The summed E-state index contributed by atoms with van der Waals surface area (Å²) in [7, 11) is 0. The van der Waals surface area contributed by atoms with Crippen LogP contribution in [-0.4, -0.2) is 53.7 Å². The van der Waals surface area contributed by atoms with Crippen LogP contribution in [0.2, 0.25) is 5.02 Å². The summed E-state index contributed by atoms with van der Waals surface area (Å²) in [6.45, 7) is 0.863. The zero-order chi connectivity index (χ0) is 18.5. The highest BCUT2D eigenvalue weighted by Gasteiger charge is 2.45. The predicted octanol–water partition coefficient (Wildman–Crippen LogP) is 2.55. The maximum Gasteiger partial charge on any atom is 0.320 e. The van der Waals surface area contributed by atoms with E-state index < -0.39 is 12.0 Å². The van der Waals surface area contributed by atoms with Crippen molar-refractivity contribution in [3.63, 3.8) is 0 Å². The molecule has 1 aromatic carbocycles. The second-order valence-corrected chi connectivity index (χ2v) is 7.46. The van der Waals surface area contributed by atoms with Gasteiger partial charge in [-0.15, -0.1) is 0 Å². The van der Waals surface area contributed by atoms with E-state index in [1.54, 1.807) is 24.3 Å². The molecule has 0 radical (unpaired) electrons. The predicted molar refractivity (Wildman–Crippen MR) is 98.4 cm³/mol. The van der Waals surface area contributed by atoms with Gasteiger partial charge in [0.25, 0.3) is 0 Å². The smallest absolute Gasteiger partial charge is 0.320 e. The summed E-state index contributed by atoms with van der Waals surface area (Å²) < 4.78 is 5.55. The van der Waals surface area contributed by atoms with Crippen LogP contribution < -0.4 is 10.1 Å². The lowest BCUT2D eigenvalue weighted by Crippen LogP contribution is -2.48. The highest BCUT2D eigenvalue weighted by atomic mass is 35.5. The molecule has 0 bridgehead atoms. The van der Waals surface area contributed by atoms with E-state index in [-0.39, 0.29) is 18.5 Å². The summed E-state index contributed by atoms with van der Waals surface area (Å²) in [5.74, 6) is 0.130. The summed E-state index contributed by atoms with van der Waals surface area (Å²) in [6, 6.07) is 6.72. The molecular weight excluding hydrogens is 356 g/mol. The first-order valence-electron chi connectivity index (χ1n) is 9.18. The van der Waals surface area contributed by atoms with Crippen molar-refractivity contribution in [2.45, 2.75) is 44.2 Å². The van der Waals surface area contributed by atoms with Crippen LogP contribution in [0, 0.1) is 5.92 Å². The van der Waals surface area contributed by atoms with Crippen molar-refractivity contribution in [1.29, 1.82) is 0 Å². The summed E-state index contributed by atoms with van der Waals surface area (Å²) >= 11 is 5.82. The van der Waals surface area contributed by atoms with Gasteiger partial charge < -0.3 is 15.2 Å². The molecule has 3 rings (SSSR count). The Bertz CT molecular complexity index is 637. The monoisotopic (exact) mass is 380 g/mol. The SMILES string of the molecule is O=C(CN1C(C(=O)O)CC2CCCCC21)NCCOc1ccc(Cl)cc1. The molecule has 3 unspecified atom stereocenters. The van der Waals surface area contributed by atoms with Crippen LogP contribution in [-0.2, 0) is 9.59 Å². The fourth-order valence-corrected chi connectivity index (χ4v) is 4.26. The zero-order valence-corrected chi connectivity index (χ0v) is 15.5. The summed E-state index contributed by atoms with van der Waals surface area (Å²) in [6.07, 6.45) is 4.99. The average Bonchev–Trinajstić information content (AvgIpc) is 2.99. The lowest BCUT2D eigenvalue weighted by molar-refractivity contribution is -0.143. The van der Waals surface area contributed by atoms with Gasteiger partial charge in [0.1, 0.15) is 18.4 Å². The molecule has 26 heavy (non-hydrogen) atoms. The number of aliphatic carboxylic acids is 1. The third kappa shape index (κ3) is 4.68. The van der Waals surface area contributed by atoms with E-state index in [2.05, 4.69) is 5.32 Å². The number of benzene rings is 1. The number of amides is 1. The molecule has 2 N–H and O–H groups in total. The first kappa shape index (κ1) is 19.0. The number of rotatable bonds is 7. The van der Waals surface area contributed by atoms with E-state index in [0.717, 1.165) is 25.7 Å². The first-order chi connectivity index (χ1) is 12.5. The number of nitrogens with one attached hydrogen (secondary N) is 1. The van der Waals surface area contributed by atoms with Crippen LogP contribution in [0.4, 0.5) is 0 Å². The Hall–Kier alpha value is -1.79. The van der Waals surface area contributed by atoms with Gasteiger partial charge in [-0.05, 0) is 49.4 Å². The van der Waals surface area contributed by atoms with Crippen LogP contribution in [0.3, 0.4) is 0 Å². The minimum Gasteiger partial charge on any atom is -0.492 e. The molecule has 3 atom stereocenters. The number of likely N-dealkylation sites (tertiary alicyclic amines) is 1. The molecule has 0 spiro atoms. The minimum atomic E-state index is -0.821. The van der Waals surface area contributed by atoms with Gasteiger partial charge in [0, 0.05) is 11.1 Å². The van der Waals surface area contributed by atoms with Crippen LogP contribution in [0.15, 0.2) is 24.3 Å². The van der Waals surface area contributed by atoms with Crippen molar-refractivity contribution in [2.75, 3.05) is 19.7 Å². The molecule has 1 amide bonds. The summed E-state index contributed by atoms with van der Waals surface area (Å²) in [4.78, 5) is 25.7. The van der Waals surface area contributed by atoms with Gasteiger partial charge in [-0.3, -0.25) is 14.5 Å². The number of ether oxygens (including phenoxy) is 1. The van der Waals surface area contributed by atoms with Gasteiger partial charge in [-0.1, -0.05) is 24.4 Å². The highest BCUT2D eigenvalue weighted by Crippen LogP contribution is 2.39. The molecule has 2 fully saturated rings. The Kier molecular flexibility index (Phi) is 6.38. The highest BCUT2D eigenvalue weighted by molar-refractivity contribution is 6.30. The van der Waals surface area contributed by atoms with E-state index >= 15 is 0 Å². The number of carboxylic acids is 1. The lowest BCUT2D eigenvalue weighted by atomic mass is 9.85. The van der Waals surface area contributed by atoms with Gasteiger partial charge in [-0.2, -0.15) is 0 Å². The van der Waals surface area contributed by atoms with Crippen molar-refractivity contribution in [2.24, 2.45) is 5.92 Å². The third-order valence-electron chi connectivity index (χ3n) is 5.34. The van der Waals surface area contributed by atoms with Crippen molar-refractivity contribution < 1.29 is 19.4 Å². The topological polar surface area (TPSA) is 78.9 Å². The van der Waals surface area contributed by atoms with Crippen molar-refractivity contribution >= 4 is 23.5 Å². The van der Waals surface area contributed by atoms with Gasteiger partial charge in [-0.25, -0.2) is 0 Å². The number of carbonyl (C=O) groups is 2. The van der Waals surface area contributed by atoms with Crippen LogP contribution in [0.1, 0.15) is 32.1 Å². The van der Waals surface area contributed by atoms with Gasteiger partial charge >= 0.3 is 5.97 Å². The van der Waals surface area contributed by atoms with Gasteiger partial charge in [0.2, 0.25) is 5.91 Å². The first-order valence-corrected chi connectivity index (χ1v) is 9.56. The van der Waals surface area contributed by atoms with E-state index in [1.165, 1.54) is 0 Å². The Balaban J connectivity index is 1.45. The number of hydrogen-bond donors (Lipinski definition) is 2. The molecule has 1 aromatic rings. The van der Waals surface area contributed by atoms with Crippen LogP contribution in [0.5, 0.6) is 5.75 Å². The molecule has 2 aliphatic rings. The normalized spacial score (nSPS) is 25.5. The summed E-state index contributed by atoms with van der Waals surface area (Å²) in [5.41, 5.74) is 0. The average molecular weight is 381 g/mol. The molecule has 7 heteroatoms. The van der Waals surface area contributed by atoms with Crippen molar-refractivity contribution in [3.05, 3.63) is 29.3 Å². The molecule has 142 valence electrons. The summed E-state index contributed by atoms with van der Waals surface area (Å²) in [5, 5.41) is 13.0. The third-order valence-corrected chi connectivity index (χ3v) is 5.59. The van der Waals surface area contributed by atoms with E-state index in [9.17, 15) is 14.7 Å². The lowest BCUT2D eigenvalue weighted by Gasteiger charge is -2.32. The Morgan fingerprint density at radius 3 is 2.69 bits per heavy atom. The number of halogens is 1. The fraction of sp³-hybridized carbons (Fsp3) is 0.579. The molecule has 6 nitrogen and oxygen atoms in total. The van der Waals surface area contributed by atoms with Crippen molar-refractivity contribution in [3.8, 4) is 5.75 Å². The second kappa shape index (κ2) is 8.73. The molecule has 0 aromatic heterocycles. The van der Waals surface area contributed by atoms with Crippen LogP contribution >= 0.6 is 11.6 Å². The Morgan fingerprint density at radius 1 is 1.23 bits per heavy atom. The Labute approximate surface area is 158 Å². The van der Waals surface area contributed by atoms with Crippen LogP contribution in [0.25, 0.3) is 0 Å². The molecule has 1 saturated carbocycles. The number of hydrogen-bond acceptors (Lipinski definition) is 4. The molecular formula is C19H25ClN2O4. The molecule has 1 aliphatic carbocycles. The largest absolute Gasteiger partial charge is 0.492 e. The molecule has 1 saturated heterocycles. The Morgan fingerprint density at radius 2 is 1.96 bits per heavy atom. The van der Waals surface area contributed by atoms with Crippen molar-refractivity contribution in [1.82, 2.24) is 10.2 Å². The van der Waals surface area contributed by atoms with Gasteiger partial charge in [0.05, 0.1) is 13.1 Å². The maximum atomic E-state index is 12.3. The van der Waals surface area contributed by atoms with E-state index in [1.807, 2.05) is 4.90 Å². The second-order valence-electron chi connectivity index (χ2n) is 7.03. The molecule has 1 heterocycles. The van der Waals surface area contributed by atoms with E-state index in [4.69, 9.17) is 16.3 Å². The molecule has 1 aliphatic heterocycles. The van der Waals surface area contributed by atoms with E-state index in [0.29, 0.717) is 36.3 Å². The van der Waals surface area contributed by atoms with Gasteiger partial charge in [0.15, 0.2) is 0 Å². The minimum absolute atomic E-state index is 0.138.